The molecule has 0 fully saturated rings. The molecule has 5 heteroatoms. The quantitative estimate of drug-likeness (QED) is 0.274. The fourth-order valence-electron chi connectivity index (χ4n) is 0.436. The molecule has 0 aliphatic carbocycles. The van der Waals surface area contributed by atoms with Gasteiger partial charge < -0.3 is 11.5 Å². The van der Waals surface area contributed by atoms with Gasteiger partial charge in [0.15, 0.2) is 5.96 Å². The molecule has 0 aromatic carbocycles. The van der Waals surface area contributed by atoms with Gasteiger partial charge in [-0.1, -0.05) is 6.08 Å². The van der Waals surface area contributed by atoms with Crippen LogP contribution in [0.15, 0.2) is 12.7 Å². The van der Waals surface area contributed by atoms with Crippen molar-refractivity contribution in [3.63, 3.8) is 0 Å². The molecule has 0 atom stereocenters. The Morgan fingerprint density at radius 2 is 2.20 bits per heavy atom. The zero-order chi connectivity index (χ0) is 8.15. The first-order valence-electron chi connectivity index (χ1n) is 2.61. The molecule has 0 aromatic rings. The maximum Gasteiger partial charge on any atom is 0.321 e. The van der Waals surface area contributed by atoms with E-state index in [0.717, 1.165) is 4.90 Å². The van der Waals surface area contributed by atoms with Crippen LogP contribution in [-0.2, 0) is 0 Å². The molecular formula is C5H10N4O. The first-order valence-corrected chi connectivity index (χ1v) is 2.61. The number of amides is 2. The monoisotopic (exact) mass is 142 g/mol. The van der Waals surface area contributed by atoms with Crippen LogP contribution < -0.4 is 11.5 Å². The topological polar surface area (TPSA) is 96.2 Å². The van der Waals surface area contributed by atoms with Crippen LogP contribution in [0.4, 0.5) is 4.79 Å². The van der Waals surface area contributed by atoms with Crippen LogP contribution in [0.5, 0.6) is 0 Å². The van der Waals surface area contributed by atoms with Gasteiger partial charge in [-0.3, -0.25) is 10.3 Å². The maximum absolute atomic E-state index is 10.4. The molecule has 0 saturated heterocycles. The highest BCUT2D eigenvalue weighted by Crippen LogP contribution is 1.84. The molecule has 0 aliphatic rings. The summed E-state index contributed by atoms with van der Waals surface area (Å²) in [5, 5.41) is 6.84. The Labute approximate surface area is 58.8 Å². The lowest BCUT2D eigenvalue weighted by Crippen LogP contribution is -2.44. The predicted molar refractivity (Wildman–Crippen MR) is 38.4 cm³/mol. The molecule has 56 valence electrons. The van der Waals surface area contributed by atoms with Crippen LogP contribution in [0.25, 0.3) is 0 Å². The Morgan fingerprint density at radius 1 is 1.70 bits per heavy atom. The van der Waals surface area contributed by atoms with Gasteiger partial charge in [-0.05, 0) is 0 Å². The van der Waals surface area contributed by atoms with Gasteiger partial charge in [0.1, 0.15) is 0 Å². The van der Waals surface area contributed by atoms with Crippen molar-refractivity contribution in [1.82, 2.24) is 4.90 Å². The number of carbonyl (C=O) groups is 1. The molecule has 0 heterocycles. The van der Waals surface area contributed by atoms with Crippen molar-refractivity contribution in [1.29, 1.82) is 5.41 Å². The number of hydrogen-bond donors (Lipinski definition) is 3. The van der Waals surface area contributed by atoms with E-state index < -0.39 is 6.03 Å². The number of carbonyl (C=O) groups excluding carboxylic acids is 1. The van der Waals surface area contributed by atoms with Gasteiger partial charge in [0.2, 0.25) is 0 Å². The third-order valence-corrected chi connectivity index (χ3v) is 0.868. The fraction of sp³-hybridized carbons (Fsp3) is 0.200. The molecule has 0 unspecified atom stereocenters. The minimum absolute atomic E-state index is 0.171. The molecule has 0 saturated carbocycles. The van der Waals surface area contributed by atoms with Crippen molar-refractivity contribution in [2.45, 2.75) is 0 Å². The predicted octanol–water partition coefficient (Wildman–Crippen LogP) is -0.553. The first-order chi connectivity index (χ1) is 4.59. The van der Waals surface area contributed by atoms with E-state index in [4.69, 9.17) is 16.9 Å². The SMILES string of the molecule is C=CCN(C(=N)N)C(N)=O. The van der Waals surface area contributed by atoms with E-state index in [1.54, 1.807) is 0 Å². The second-order valence-electron chi connectivity index (χ2n) is 1.62. The van der Waals surface area contributed by atoms with Crippen LogP contribution in [0.2, 0.25) is 0 Å². The van der Waals surface area contributed by atoms with Crippen LogP contribution >= 0.6 is 0 Å². The Balaban J connectivity index is 4.11. The number of rotatable bonds is 2. The highest BCUT2D eigenvalue weighted by atomic mass is 16.2. The zero-order valence-corrected chi connectivity index (χ0v) is 5.50. The summed E-state index contributed by atoms with van der Waals surface area (Å²) in [5.74, 6) is -0.368. The molecule has 0 aliphatic heterocycles. The largest absolute Gasteiger partial charge is 0.370 e. The molecule has 0 bridgehead atoms. The Hall–Kier alpha value is -1.52. The summed E-state index contributed by atoms with van der Waals surface area (Å²) in [6, 6.07) is -0.743. The lowest BCUT2D eigenvalue weighted by molar-refractivity contribution is 0.232. The summed E-state index contributed by atoms with van der Waals surface area (Å²) in [7, 11) is 0. The number of hydrogen-bond acceptors (Lipinski definition) is 2. The molecule has 0 spiro atoms. The summed E-state index contributed by atoms with van der Waals surface area (Å²) in [6.45, 7) is 3.53. The molecule has 5 nitrogen and oxygen atoms in total. The second-order valence-corrected chi connectivity index (χ2v) is 1.62. The van der Waals surface area contributed by atoms with E-state index in [1.165, 1.54) is 6.08 Å². The summed E-state index contributed by atoms with van der Waals surface area (Å²) >= 11 is 0. The average Bonchev–Trinajstić information content (AvgIpc) is 1.81. The molecule has 0 rings (SSSR count). The van der Waals surface area contributed by atoms with E-state index in [0.29, 0.717) is 0 Å². The van der Waals surface area contributed by atoms with E-state index in [-0.39, 0.29) is 12.5 Å². The van der Waals surface area contributed by atoms with Crippen molar-refractivity contribution in [2.24, 2.45) is 11.5 Å². The standard InChI is InChI=1S/C5H10N4O/c1-2-3-9(4(6)7)5(8)10/h2H,1,3H2,(H3,6,7)(H2,8,10). The highest BCUT2D eigenvalue weighted by molar-refractivity contribution is 5.93. The number of nitrogens with one attached hydrogen (secondary N) is 1. The van der Waals surface area contributed by atoms with Crippen LogP contribution in [0.1, 0.15) is 0 Å². The molecule has 0 aromatic heterocycles. The van der Waals surface area contributed by atoms with Crippen molar-refractivity contribution in [3.05, 3.63) is 12.7 Å². The van der Waals surface area contributed by atoms with Crippen molar-refractivity contribution in [3.8, 4) is 0 Å². The van der Waals surface area contributed by atoms with E-state index >= 15 is 0 Å². The lowest BCUT2D eigenvalue weighted by atomic mass is 10.5. The molecule has 0 radical (unpaired) electrons. The van der Waals surface area contributed by atoms with Crippen LogP contribution in [0, 0.1) is 5.41 Å². The van der Waals surface area contributed by atoms with Crippen molar-refractivity contribution in [2.75, 3.05) is 6.54 Å². The zero-order valence-electron chi connectivity index (χ0n) is 5.50. The summed E-state index contributed by atoms with van der Waals surface area (Å²) in [5.41, 5.74) is 9.83. The summed E-state index contributed by atoms with van der Waals surface area (Å²) in [6.07, 6.45) is 1.44. The highest BCUT2D eigenvalue weighted by Gasteiger charge is 2.08. The van der Waals surface area contributed by atoms with Crippen LogP contribution in [-0.4, -0.2) is 23.4 Å². The van der Waals surface area contributed by atoms with Gasteiger partial charge in [-0.25, -0.2) is 4.79 Å². The molecule has 5 N–H and O–H groups in total. The third-order valence-electron chi connectivity index (χ3n) is 0.868. The number of nitrogens with zero attached hydrogens (tertiary/aromatic N) is 1. The van der Waals surface area contributed by atoms with Crippen molar-refractivity contribution < 1.29 is 4.79 Å². The smallest absolute Gasteiger partial charge is 0.321 e. The normalized spacial score (nSPS) is 8.40. The Bertz CT molecular complexity index is 151. The van der Waals surface area contributed by atoms with Gasteiger partial charge in [0.05, 0.1) is 0 Å². The second kappa shape index (κ2) is 3.49. The number of urea groups is 1. The minimum Gasteiger partial charge on any atom is -0.370 e. The van der Waals surface area contributed by atoms with Gasteiger partial charge in [0.25, 0.3) is 0 Å². The molecular weight excluding hydrogens is 132 g/mol. The summed E-state index contributed by atoms with van der Waals surface area (Å²) in [4.78, 5) is 11.3. The van der Waals surface area contributed by atoms with Crippen molar-refractivity contribution >= 4 is 12.0 Å². The Kier molecular flexibility index (Phi) is 2.96. The van der Waals surface area contributed by atoms with E-state index in [1.807, 2.05) is 0 Å². The minimum atomic E-state index is -0.743. The first kappa shape index (κ1) is 8.48. The van der Waals surface area contributed by atoms with Gasteiger partial charge in [0, 0.05) is 6.54 Å². The van der Waals surface area contributed by atoms with Gasteiger partial charge in [-0.2, -0.15) is 0 Å². The van der Waals surface area contributed by atoms with E-state index in [9.17, 15) is 4.79 Å². The lowest BCUT2D eigenvalue weighted by Gasteiger charge is -2.14. The van der Waals surface area contributed by atoms with Gasteiger partial charge in [-0.15, -0.1) is 6.58 Å². The fourth-order valence-corrected chi connectivity index (χ4v) is 0.436. The van der Waals surface area contributed by atoms with Crippen LogP contribution in [0.3, 0.4) is 0 Å². The Morgan fingerprint density at radius 3 is 2.30 bits per heavy atom. The summed E-state index contributed by atoms with van der Waals surface area (Å²) < 4.78 is 0. The third kappa shape index (κ3) is 2.17. The number of primary amides is 1. The average molecular weight is 142 g/mol. The molecule has 10 heavy (non-hydrogen) atoms. The van der Waals surface area contributed by atoms with E-state index in [2.05, 4.69) is 6.58 Å². The number of guanidine groups is 1. The number of nitrogens with two attached hydrogens (primary N) is 2. The van der Waals surface area contributed by atoms with Gasteiger partial charge >= 0.3 is 6.03 Å². The maximum atomic E-state index is 10.4. The molecule has 2 amide bonds.